The highest BCUT2D eigenvalue weighted by atomic mass is 127. The Hall–Kier alpha value is -1.42. The number of halogens is 1. The molecule has 2 aromatic rings. The molecule has 0 aromatic carbocycles. The first-order valence-corrected chi connectivity index (χ1v) is 10.2. The molecule has 0 saturated heterocycles. The molecule has 0 fully saturated rings. The van der Waals surface area contributed by atoms with Crippen molar-refractivity contribution in [3.63, 3.8) is 0 Å². The number of aryl methyl sites for hydroxylation is 2. The monoisotopic (exact) mass is 517 g/mol. The van der Waals surface area contributed by atoms with E-state index in [4.69, 9.17) is 4.74 Å². The van der Waals surface area contributed by atoms with E-state index in [-0.39, 0.29) is 30.1 Å². The number of rotatable bonds is 8. The number of nitrogens with one attached hydrogen (secondary N) is 2. The number of aromatic nitrogens is 2. The van der Waals surface area contributed by atoms with E-state index >= 15 is 0 Å². The fourth-order valence-corrected chi connectivity index (χ4v) is 3.60. The quantitative estimate of drug-likeness (QED) is 0.308. The molecule has 0 bridgehead atoms. The van der Waals surface area contributed by atoms with E-state index in [2.05, 4.69) is 53.3 Å². The van der Waals surface area contributed by atoms with Crippen molar-refractivity contribution in [2.45, 2.75) is 60.2 Å². The summed E-state index contributed by atoms with van der Waals surface area (Å²) in [5.41, 5.74) is 2.19. The van der Waals surface area contributed by atoms with E-state index < -0.39 is 0 Å². The second-order valence-electron chi connectivity index (χ2n) is 7.09. The maximum atomic E-state index is 5.93. The zero-order chi connectivity index (χ0) is 19.8. The number of nitrogens with zero attached hydrogens (tertiary/aromatic N) is 3. The first-order valence-electron chi connectivity index (χ1n) is 9.36. The van der Waals surface area contributed by atoms with Crippen LogP contribution in [0.1, 0.15) is 48.3 Å². The van der Waals surface area contributed by atoms with Crippen LogP contribution in [0.25, 0.3) is 0 Å². The van der Waals surface area contributed by atoms with Gasteiger partial charge in [0.1, 0.15) is 5.01 Å². The molecular formula is C20H32IN5OS. The zero-order valence-electron chi connectivity index (χ0n) is 17.6. The Labute approximate surface area is 189 Å². The molecule has 0 aliphatic carbocycles. The normalized spacial score (nSPS) is 12.5. The lowest BCUT2D eigenvalue weighted by molar-refractivity contribution is 0.185. The maximum absolute atomic E-state index is 5.93. The van der Waals surface area contributed by atoms with Gasteiger partial charge in [-0.25, -0.2) is 9.97 Å². The number of thiazole rings is 1. The molecule has 0 spiro atoms. The Kier molecular flexibility index (Phi) is 10.7. The Morgan fingerprint density at radius 3 is 2.54 bits per heavy atom. The first-order chi connectivity index (χ1) is 12.9. The van der Waals surface area contributed by atoms with Crippen molar-refractivity contribution >= 4 is 41.3 Å². The van der Waals surface area contributed by atoms with E-state index in [0.717, 1.165) is 28.6 Å². The molecule has 0 amide bonds. The molecule has 2 heterocycles. The molecule has 0 saturated carbocycles. The molecule has 1 unspecified atom stereocenters. The minimum Gasteiger partial charge on any atom is -0.475 e. The molecule has 0 aliphatic rings. The van der Waals surface area contributed by atoms with Crippen molar-refractivity contribution in [3.8, 4) is 5.88 Å². The number of aliphatic imine (C=N–C) groups is 1. The molecule has 0 aliphatic heterocycles. The van der Waals surface area contributed by atoms with Crippen molar-refractivity contribution in [2.75, 3.05) is 7.05 Å². The number of hydrogen-bond acceptors (Lipinski definition) is 5. The summed E-state index contributed by atoms with van der Waals surface area (Å²) < 4.78 is 5.93. The average molecular weight is 517 g/mol. The molecule has 2 aromatic heterocycles. The summed E-state index contributed by atoms with van der Waals surface area (Å²) in [6, 6.07) is 3.96. The maximum Gasteiger partial charge on any atom is 0.213 e. The smallest absolute Gasteiger partial charge is 0.213 e. The first kappa shape index (κ1) is 24.6. The van der Waals surface area contributed by atoms with Gasteiger partial charge in [0, 0.05) is 30.7 Å². The van der Waals surface area contributed by atoms with Crippen molar-refractivity contribution in [1.82, 2.24) is 20.6 Å². The van der Waals surface area contributed by atoms with Crippen LogP contribution in [0.5, 0.6) is 5.88 Å². The summed E-state index contributed by atoms with van der Waals surface area (Å²) in [7, 11) is 1.77. The third-order valence-corrected chi connectivity index (χ3v) is 5.16. The largest absolute Gasteiger partial charge is 0.475 e. The van der Waals surface area contributed by atoms with Gasteiger partial charge in [-0.15, -0.1) is 35.3 Å². The van der Waals surface area contributed by atoms with Crippen LogP contribution in [-0.2, 0) is 13.1 Å². The molecule has 156 valence electrons. The topological polar surface area (TPSA) is 71.4 Å². The molecular weight excluding hydrogens is 485 g/mol. The standard InChI is InChI=1S/C20H31N5OS.HI/c1-13(2)9-14(3)26-18-10-17(7-8-22-18)11-23-20(21-6)24-12-19-25-15(4)16(5)27-19;/h7-8,10,13-14H,9,11-12H2,1-6H3,(H2,21,23,24);1H. The Bertz CT molecular complexity index is 743. The van der Waals surface area contributed by atoms with E-state index in [1.54, 1.807) is 24.6 Å². The molecule has 2 N–H and O–H groups in total. The highest BCUT2D eigenvalue weighted by molar-refractivity contribution is 14.0. The van der Waals surface area contributed by atoms with Gasteiger partial charge < -0.3 is 15.4 Å². The Morgan fingerprint density at radius 1 is 1.21 bits per heavy atom. The number of guanidine groups is 1. The minimum absolute atomic E-state index is 0. The van der Waals surface area contributed by atoms with Crippen LogP contribution in [0.2, 0.25) is 0 Å². The molecule has 0 radical (unpaired) electrons. The highest BCUT2D eigenvalue weighted by Crippen LogP contribution is 2.16. The summed E-state index contributed by atoms with van der Waals surface area (Å²) in [4.78, 5) is 14.4. The number of ether oxygens (including phenoxy) is 1. The second-order valence-corrected chi connectivity index (χ2v) is 8.38. The zero-order valence-corrected chi connectivity index (χ0v) is 20.7. The summed E-state index contributed by atoms with van der Waals surface area (Å²) in [5.74, 6) is 2.01. The van der Waals surface area contributed by atoms with E-state index in [1.807, 2.05) is 19.1 Å². The lowest BCUT2D eigenvalue weighted by atomic mass is 10.1. The van der Waals surface area contributed by atoms with Crippen LogP contribution in [0, 0.1) is 19.8 Å². The van der Waals surface area contributed by atoms with Gasteiger partial charge in [-0.3, -0.25) is 4.99 Å². The lowest BCUT2D eigenvalue weighted by Crippen LogP contribution is -2.36. The molecule has 8 heteroatoms. The number of pyridine rings is 1. The van der Waals surface area contributed by atoms with Crippen LogP contribution in [0.15, 0.2) is 23.3 Å². The molecule has 28 heavy (non-hydrogen) atoms. The van der Waals surface area contributed by atoms with E-state index in [0.29, 0.717) is 24.9 Å². The summed E-state index contributed by atoms with van der Waals surface area (Å²) in [6.45, 7) is 11.9. The Balaban J connectivity index is 0.00000392. The van der Waals surface area contributed by atoms with Gasteiger partial charge in [0.25, 0.3) is 0 Å². The molecule has 2 rings (SSSR count). The fourth-order valence-electron chi connectivity index (χ4n) is 2.72. The van der Waals surface area contributed by atoms with Crippen LogP contribution in [0.3, 0.4) is 0 Å². The van der Waals surface area contributed by atoms with Crippen LogP contribution in [-0.4, -0.2) is 29.1 Å². The van der Waals surface area contributed by atoms with E-state index in [9.17, 15) is 0 Å². The van der Waals surface area contributed by atoms with Crippen LogP contribution < -0.4 is 15.4 Å². The van der Waals surface area contributed by atoms with Gasteiger partial charge in [-0.05, 0) is 44.7 Å². The highest BCUT2D eigenvalue weighted by Gasteiger charge is 2.09. The van der Waals surface area contributed by atoms with Gasteiger partial charge in [0.2, 0.25) is 5.88 Å². The van der Waals surface area contributed by atoms with Gasteiger partial charge in [0.15, 0.2) is 5.96 Å². The minimum atomic E-state index is 0. The van der Waals surface area contributed by atoms with Crippen molar-refractivity contribution in [3.05, 3.63) is 39.5 Å². The molecule has 6 nitrogen and oxygen atoms in total. The summed E-state index contributed by atoms with van der Waals surface area (Å²) in [6.07, 6.45) is 2.95. The summed E-state index contributed by atoms with van der Waals surface area (Å²) >= 11 is 1.71. The van der Waals surface area contributed by atoms with Crippen LogP contribution >= 0.6 is 35.3 Å². The SMILES string of the molecule is CN=C(NCc1ccnc(OC(C)CC(C)C)c1)NCc1nc(C)c(C)s1.I. The van der Waals surface area contributed by atoms with Gasteiger partial charge >= 0.3 is 0 Å². The van der Waals surface area contributed by atoms with Crippen LogP contribution in [0.4, 0.5) is 0 Å². The van der Waals surface area contributed by atoms with Crippen molar-refractivity contribution in [1.29, 1.82) is 0 Å². The van der Waals surface area contributed by atoms with Gasteiger partial charge in [-0.2, -0.15) is 0 Å². The van der Waals surface area contributed by atoms with E-state index in [1.165, 1.54) is 4.88 Å². The third kappa shape index (κ3) is 8.30. The van der Waals surface area contributed by atoms with Crippen molar-refractivity contribution in [2.24, 2.45) is 10.9 Å². The van der Waals surface area contributed by atoms with Gasteiger partial charge in [-0.1, -0.05) is 13.8 Å². The second kappa shape index (κ2) is 12.2. The lowest BCUT2D eigenvalue weighted by Gasteiger charge is -2.16. The van der Waals surface area contributed by atoms with Gasteiger partial charge in [0.05, 0.1) is 18.3 Å². The predicted molar refractivity (Wildman–Crippen MR) is 128 cm³/mol. The summed E-state index contributed by atoms with van der Waals surface area (Å²) in [5, 5.41) is 7.69. The van der Waals surface area contributed by atoms with Crippen molar-refractivity contribution < 1.29 is 4.74 Å². The molecule has 1 atom stereocenters. The Morgan fingerprint density at radius 2 is 1.93 bits per heavy atom. The predicted octanol–water partition coefficient (Wildman–Crippen LogP) is 4.45. The third-order valence-electron chi connectivity index (χ3n) is 4.09. The fraction of sp³-hybridized carbons (Fsp3) is 0.550. The number of hydrogen-bond donors (Lipinski definition) is 2. The average Bonchev–Trinajstić information content (AvgIpc) is 2.92.